The van der Waals surface area contributed by atoms with Gasteiger partial charge in [0.1, 0.15) is 5.75 Å². The fraction of sp³-hybridized carbons (Fsp3) is 0.391. The number of rotatable bonds is 6. The van der Waals surface area contributed by atoms with Crippen molar-refractivity contribution < 1.29 is 14.3 Å². The van der Waals surface area contributed by atoms with Gasteiger partial charge in [0.25, 0.3) is 0 Å². The first-order valence-corrected chi connectivity index (χ1v) is 10.1. The third kappa shape index (κ3) is 3.88. The Morgan fingerprint density at radius 2 is 1.93 bits per heavy atom. The SMILES string of the molecule is CCCOc1ccc(N2C[C@H](C(=O)Nc3ccc4c(c3)CCC4)CC2=O)cc1. The average Bonchev–Trinajstić information content (AvgIpc) is 3.33. The summed E-state index contributed by atoms with van der Waals surface area (Å²) in [6, 6.07) is 13.6. The lowest BCUT2D eigenvalue weighted by Crippen LogP contribution is -2.28. The summed E-state index contributed by atoms with van der Waals surface area (Å²) >= 11 is 0. The molecule has 2 aliphatic rings. The van der Waals surface area contributed by atoms with Crippen molar-refractivity contribution in [1.29, 1.82) is 0 Å². The summed E-state index contributed by atoms with van der Waals surface area (Å²) in [5.41, 5.74) is 4.34. The zero-order valence-corrected chi connectivity index (χ0v) is 16.2. The number of nitrogens with one attached hydrogen (secondary N) is 1. The van der Waals surface area contributed by atoms with Crippen LogP contribution in [0.5, 0.6) is 5.75 Å². The quantitative estimate of drug-likeness (QED) is 0.828. The Labute approximate surface area is 165 Å². The summed E-state index contributed by atoms with van der Waals surface area (Å²) in [5.74, 6) is 0.355. The van der Waals surface area contributed by atoms with Crippen molar-refractivity contribution in [3.05, 3.63) is 53.6 Å². The van der Waals surface area contributed by atoms with Gasteiger partial charge in [-0.3, -0.25) is 9.59 Å². The fourth-order valence-corrected chi connectivity index (χ4v) is 3.97. The van der Waals surface area contributed by atoms with Gasteiger partial charge < -0.3 is 15.0 Å². The van der Waals surface area contributed by atoms with Crippen LogP contribution in [0.4, 0.5) is 11.4 Å². The summed E-state index contributed by atoms with van der Waals surface area (Å²) < 4.78 is 5.59. The summed E-state index contributed by atoms with van der Waals surface area (Å²) in [7, 11) is 0. The number of hydrogen-bond acceptors (Lipinski definition) is 3. The molecule has 2 aromatic carbocycles. The highest BCUT2D eigenvalue weighted by atomic mass is 16.5. The lowest BCUT2D eigenvalue weighted by atomic mass is 10.1. The van der Waals surface area contributed by atoms with E-state index in [4.69, 9.17) is 4.74 Å². The highest BCUT2D eigenvalue weighted by Crippen LogP contribution is 2.29. The number of carbonyl (C=O) groups is 2. The number of ether oxygens (including phenoxy) is 1. The predicted octanol–water partition coefficient (Wildman–Crippen LogP) is 3.96. The molecule has 1 atom stereocenters. The van der Waals surface area contributed by atoms with Crippen LogP contribution in [-0.2, 0) is 22.4 Å². The zero-order chi connectivity index (χ0) is 19.5. The van der Waals surface area contributed by atoms with E-state index in [0.29, 0.717) is 13.2 Å². The molecule has 2 aromatic rings. The number of hydrogen-bond donors (Lipinski definition) is 1. The second kappa shape index (κ2) is 8.05. The number of amides is 2. The molecular weight excluding hydrogens is 352 g/mol. The summed E-state index contributed by atoms with van der Waals surface area (Å²) in [6.07, 6.45) is 4.57. The van der Waals surface area contributed by atoms with Crippen LogP contribution in [0.2, 0.25) is 0 Å². The first-order chi connectivity index (χ1) is 13.6. The van der Waals surface area contributed by atoms with E-state index >= 15 is 0 Å². The minimum Gasteiger partial charge on any atom is -0.494 e. The van der Waals surface area contributed by atoms with Crippen molar-refractivity contribution >= 4 is 23.2 Å². The molecule has 5 nitrogen and oxygen atoms in total. The Morgan fingerprint density at radius 1 is 1.14 bits per heavy atom. The molecule has 28 heavy (non-hydrogen) atoms. The Balaban J connectivity index is 1.39. The molecule has 1 aliphatic heterocycles. The Kier molecular flexibility index (Phi) is 5.33. The van der Waals surface area contributed by atoms with Crippen LogP contribution in [0.3, 0.4) is 0 Å². The highest BCUT2D eigenvalue weighted by Gasteiger charge is 2.35. The van der Waals surface area contributed by atoms with Gasteiger partial charge in [0, 0.05) is 24.3 Å². The standard InChI is InChI=1S/C23H26N2O3/c1-2-12-28-21-10-8-20(9-11-21)25-15-18(14-22(25)26)23(27)24-19-7-6-16-4-3-5-17(16)13-19/h6-11,13,18H,2-5,12,14-15H2,1H3,(H,24,27)/t18-/m1/s1. The smallest absolute Gasteiger partial charge is 0.229 e. The van der Waals surface area contributed by atoms with E-state index in [9.17, 15) is 9.59 Å². The molecule has 2 amide bonds. The van der Waals surface area contributed by atoms with E-state index in [1.165, 1.54) is 17.5 Å². The Bertz CT molecular complexity index is 876. The minimum atomic E-state index is -0.336. The van der Waals surface area contributed by atoms with Crippen molar-refractivity contribution in [3.8, 4) is 5.75 Å². The van der Waals surface area contributed by atoms with E-state index in [1.54, 1.807) is 4.90 Å². The van der Waals surface area contributed by atoms with Gasteiger partial charge in [0.15, 0.2) is 0 Å². The van der Waals surface area contributed by atoms with Crippen LogP contribution in [0.1, 0.15) is 37.3 Å². The number of anilines is 2. The van der Waals surface area contributed by atoms with Gasteiger partial charge in [0.05, 0.1) is 12.5 Å². The molecule has 0 unspecified atom stereocenters. The van der Waals surface area contributed by atoms with Crippen molar-refractivity contribution in [1.82, 2.24) is 0 Å². The molecule has 0 bridgehead atoms. The van der Waals surface area contributed by atoms with E-state index in [2.05, 4.69) is 24.4 Å². The molecule has 0 radical (unpaired) electrons. The van der Waals surface area contributed by atoms with E-state index in [1.807, 2.05) is 30.3 Å². The molecule has 146 valence electrons. The Hall–Kier alpha value is -2.82. The van der Waals surface area contributed by atoms with Crippen LogP contribution < -0.4 is 15.0 Å². The second-order valence-corrected chi connectivity index (χ2v) is 7.57. The topological polar surface area (TPSA) is 58.6 Å². The maximum Gasteiger partial charge on any atom is 0.229 e. The number of benzene rings is 2. The lowest BCUT2D eigenvalue weighted by molar-refractivity contribution is -0.122. The largest absolute Gasteiger partial charge is 0.494 e. The Morgan fingerprint density at radius 3 is 2.71 bits per heavy atom. The minimum absolute atomic E-state index is 0.0173. The van der Waals surface area contributed by atoms with Crippen LogP contribution in [0.25, 0.3) is 0 Å². The molecule has 1 heterocycles. The third-order valence-electron chi connectivity index (χ3n) is 5.48. The molecule has 1 saturated heterocycles. The molecule has 1 N–H and O–H groups in total. The molecule has 1 fully saturated rings. The number of carbonyl (C=O) groups excluding carboxylic acids is 2. The maximum atomic E-state index is 12.7. The van der Waals surface area contributed by atoms with Gasteiger partial charge in [-0.25, -0.2) is 0 Å². The summed E-state index contributed by atoms with van der Waals surface area (Å²) in [5, 5.41) is 3.00. The third-order valence-corrected chi connectivity index (χ3v) is 5.48. The molecule has 4 rings (SSSR count). The van der Waals surface area contributed by atoms with Gasteiger partial charge >= 0.3 is 0 Å². The molecule has 1 aliphatic carbocycles. The normalized spacial score (nSPS) is 18.2. The average molecular weight is 378 g/mol. The van der Waals surface area contributed by atoms with E-state index in [0.717, 1.165) is 36.4 Å². The van der Waals surface area contributed by atoms with Gasteiger partial charge in [-0.1, -0.05) is 13.0 Å². The molecule has 0 spiro atoms. The molecule has 0 aromatic heterocycles. The van der Waals surface area contributed by atoms with E-state index in [-0.39, 0.29) is 24.2 Å². The summed E-state index contributed by atoms with van der Waals surface area (Å²) in [6.45, 7) is 3.14. The van der Waals surface area contributed by atoms with Gasteiger partial charge in [0.2, 0.25) is 11.8 Å². The van der Waals surface area contributed by atoms with Crippen molar-refractivity contribution in [2.75, 3.05) is 23.4 Å². The van der Waals surface area contributed by atoms with E-state index < -0.39 is 0 Å². The van der Waals surface area contributed by atoms with Crippen LogP contribution in [-0.4, -0.2) is 25.0 Å². The zero-order valence-electron chi connectivity index (χ0n) is 16.2. The number of nitrogens with zero attached hydrogens (tertiary/aromatic N) is 1. The molecule has 5 heteroatoms. The van der Waals surface area contributed by atoms with Crippen LogP contribution >= 0.6 is 0 Å². The predicted molar refractivity (Wildman–Crippen MR) is 110 cm³/mol. The summed E-state index contributed by atoms with van der Waals surface area (Å²) in [4.78, 5) is 26.9. The first kappa shape index (κ1) is 18.5. The first-order valence-electron chi connectivity index (χ1n) is 10.1. The lowest BCUT2D eigenvalue weighted by Gasteiger charge is -2.17. The van der Waals surface area contributed by atoms with Crippen molar-refractivity contribution in [2.24, 2.45) is 5.92 Å². The number of aryl methyl sites for hydroxylation is 2. The van der Waals surface area contributed by atoms with Crippen molar-refractivity contribution in [2.45, 2.75) is 39.0 Å². The van der Waals surface area contributed by atoms with Gasteiger partial charge in [-0.2, -0.15) is 0 Å². The second-order valence-electron chi connectivity index (χ2n) is 7.57. The van der Waals surface area contributed by atoms with Gasteiger partial charge in [-0.15, -0.1) is 0 Å². The monoisotopic (exact) mass is 378 g/mol. The molecular formula is C23H26N2O3. The number of fused-ring (bicyclic) bond motifs is 1. The molecule has 0 saturated carbocycles. The fourth-order valence-electron chi connectivity index (χ4n) is 3.97. The maximum absolute atomic E-state index is 12.7. The van der Waals surface area contributed by atoms with Crippen molar-refractivity contribution in [3.63, 3.8) is 0 Å². The van der Waals surface area contributed by atoms with Gasteiger partial charge in [-0.05, 0) is 73.2 Å². The highest BCUT2D eigenvalue weighted by molar-refractivity contribution is 6.03. The van der Waals surface area contributed by atoms with Crippen LogP contribution in [0, 0.1) is 5.92 Å². The van der Waals surface area contributed by atoms with Crippen LogP contribution in [0.15, 0.2) is 42.5 Å².